The van der Waals surface area contributed by atoms with Gasteiger partial charge < -0.3 is 14.8 Å². The largest absolute Gasteiger partial charge is 0.387 e. The molecule has 1 unspecified atom stereocenters. The molecule has 0 saturated carbocycles. The van der Waals surface area contributed by atoms with Gasteiger partial charge in [-0.1, -0.05) is 35.9 Å². The van der Waals surface area contributed by atoms with E-state index in [-0.39, 0.29) is 0 Å². The quantitative estimate of drug-likeness (QED) is 0.755. The summed E-state index contributed by atoms with van der Waals surface area (Å²) in [6.07, 6.45) is 3.48. The van der Waals surface area contributed by atoms with Gasteiger partial charge in [-0.25, -0.2) is 4.98 Å². The Balaban J connectivity index is 1.58. The summed E-state index contributed by atoms with van der Waals surface area (Å²) in [4.78, 5) is 4.52. The molecule has 0 fully saturated rings. The van der Waals surface area contributed by atoms with Crippen molar-refractivity contribution in [3.63, 3.8) is 0 Å². The average molecular weight is 281 g/mol. The fourth-order valence-corrected chi connectivity index (χ4v) is 2.40. The number of pyridine rings is 1. The van der Waals surface area contributed by atoms with Crippen molar-refractivity contribution in [3.05, 3.63) is 71.7 Å². The predicted octanol–water partition coefficient (Wildman–Crippen LogP) is 2.47. The molecule has 108 valence electrons. The number of hydrogen-bond acceptors (Lipinski definition) is 3. The topological polar surface area (TPSA) is 49.6 Å². The van der Waals surface area contributed by atoms with Gasteiger partial charge in [0.2, 0.25) is 0 Å². The lowest BCUT2D eigenvalue weighted by atomic mass is 10.1. The van der Waals surface area contributed by atoms with E-state index in [1.807, 2.05) is 66.2 Å². The minimum absolute atomic E-state index is 0.498. The summed E-state index contributed by atoms with van der Waals surface area (Å²) in [7, 11) is 0. The number of aryl methyl sites for hydroxylation is 1. The predicted molar refractivity (Wildman–Crippen MR) is 83.0 cm³/mol. The fraction of sp³-hybridized carbons (Fsp3) is 0.235. The van der Waals surface area contributed by atoms with Crippen molar-refractivity contribution in [3.8, 4) is 0 Å². The van der Waals surface area contributed by atoms with Crippen LogP contribution in [-0.2, 0) is 6.54 Å². The first-order valence-electron chi connectivity index (χ1n) is 7.10. The van der Waals surface area contributed by atoms with E-state index in [1.165, 1.54) is 0 Å². The van der Waals surface area contributed by atoms with Crippen molar-refractivity contribution in [2.24, 2.45) is 0 Å². The fourth-order valence-electron chi connectivity index (χ4n) is 2.40. The minimum atomic E-state index is -0.498. The summed E-state index contributed by atoms with van der Waals surface area (Å²) in [5, 5.41) is 13.4. The molecule has 4 nitrogen and oxygen atoms in total. The highest BCUT2D eigenvalue weighted by atomic mass is 16.3. The number of aliphatic hydroxyl groups is 1. The van der Waals surface area contributed by atoms with Crippen LogP contribution in [0, 0.1) is 6.92 Å². The minimum Gasteiger partial charge on any atom is -0.387 e. The van der Waals surface area contributed by atoms with Crippen LogP contribution in [0.5, 0.6) is 0 Å². The van der Waals surface area contributed by atoms with Crippen LogP contribution < -0.4 is 5.32 Å². The van der Waals surface area contributed by atoms with Gasteiger partial charge in [0.15, 0.2) is 0 Å². The van der Waals surface area contributed by atoms with E-state index in [2.05, 4.69) is 10.3 Å². The maximum atomic E-state index is 10.2. The molecule has 0 aliphatic rings. The summed E-state index contributed by atoms with van der Waals surface area (Å²) in [6, 6.07) is 13.9. The van der Waals surface area contributed by atoms with Crippen molar-refractivity contribution in [2.75, 3.05) is 6.54 Å². The summed E-state index contributed by atoms with van der Waals surface area (Å²) < 4.78 is 1.99. The lowest BCUT2D eigenvalue weighted by Gasteiger charge is -2.12. The average Bonchev–Trinajstić information content (AvgIpc) is 2.89. The number of hydrogen-bond donors (Lipinski definition) is 2. The Hall–Kier alpha value is -2.17. The van der Waals surface area contributed by atoms with Crippen molar-refractivity contribution in [1.82, 2.24) is 14.7 Å². The van der Waals surface area contributed by atoms with Gasteiger partial charge >= 0.3 is 0 Å². The Morgan fingerprint density at radius 2 is 2.14 bits per heavy atom. The van der Waals surface area contributed by atoms with Gasteiger partial charge in [-0.3, -0.25) is 0 Å². The molecule has 2 N–H and O–H groups in total. The van der Waals surface area contributed by atoms with E-state index in [1.54, 1.807) is 0 Å². The summed E-state index contributed by atoms with van der Waals surface area (Å²) in [6.45, 7) is 3.18. The second-order valence-corrected chi connectivity index (χ2v) is 5.26. The third-order valence-electron chi connectivity index (χ3n) is 3.48. The molecular weight excluding hydrogens is 262 g/mol. The highest BCUT2D eigenvalue weighted by Crippen LogP contribution is 2.13. The number of rotatable bonds is 5. The monoisotopic (exact) mass is 281 g/mol. The molecule has 21 heavy (non-hydrogen) atoms. The van der Waals surface area contributed by atoms with Gasteiger partial charge in [0.1, 0.15) is 5.65 Å². The van der Waals surface area contributed by atoms with Crippen LogP contribution in [0.4, 0.5) is 0 Å². The summed E-state index contributed by atoms with van der Waals surface area (Å²) >= 11 is 0. The number of nitrogens with one attached hydrogen (secondary N) is 1. The third kappa shape index (κ3) is 3.29. The zero-order valence-electron chi connectivity index (χ0n) is 12.0. The summed E-state index contributed by atoms with van der Waals surface area (Å²) in [5.41, 5.74) is 4.01. The molecule has 2 heterocycles. The van der Waals surface area contributed by atoms with Crippen LogP contribution >= 0.6 is 0 Å². The number of fused-ring (bicyclic) bond motifs is 1. The molecular formula is C17H19N3O. The van der Waals surface area contributed by atoms with E-state index in [0.717, 1.165) is 22.5 Å². The first-order valence-corrected chi connectivity index (χ1v) is 7.10. The highest BCUT2D eigenvalue weighted by Gasteiger charge is 2.07. The maximum Gasteiger partial charge on any atom is 0.137 e. The number of aliphatic hydroxyl groups excluding tert-OH is 1. The lowest BCUT2D eigenvalue weighted by molar-refractivity contribution is 0.174. The van der Waals surface area contributed by atoms with E-state index in [9.17, 15) is 5.11 Å². The van der Waals surface area contributed by atoms with Gasteiger partial charge in [0, 0.05) is 25.5 Å². The molecule has 1 atom stereocenters. The molecule has 2 aromatic heterocycles. The highest BCUT2D eigenvalue weighted by molar-refractivity contribution is 5.39. The van der Waals surface area contributed by atoms with Crippen molar-refractivity contribution in [2.45, 2.75) is 19.6 Å². The van der Waals surface area contributed by atoms with Crippen molar-refractivity contribution < 1.29 is 5.11 Å². The normalized spacial score (nSPS) is 12.7. The molecule has 3 rings (SSSR count). The third-order valence-corrected chi connectivity index (χ3v) is 3.48. The molecule has 0 bridgehead atoms. The van der Waals surface area contributed by atoms with E-state index in [4.69, 9.17) is 0 Å². The molecule has 0 aliphatic carbocycles. The van der Waals surface area contributed by atoms with Gasteiger partial charge in [0.25, 0.3) is 0 Å². The molecule has 0 saturated heterocycles. The smallest absolute Gasteiger partial charge is 0.137 e. The Kier molecular flexibility index (Phi) is 3.99. The van der Waals surface area contributed by atoms with Gasteiger partial charge in [0.05, 0.1) is 11.8 Å². The number of imidazole rings is 1. The van der Waals surface area contributed by atoms with Crippen molar-refractivity contribution in [1.29, 1.82) is 0 Å². The molecule has 0 spiro atoms. The zero-order chi connectivity index (χ0) is 14.7. The van der Waals surface area contributed by atoms with Crippen molar-refractivity contribution >= 4 is 5.65 Å². The number of benzene rings is 1. The Morgan fingerprint density at radius 3 is 2.95 bits per heavy atom. The maximum absolute atomic E-state index is 10.2. The number of nitrogens with zero attached hydrogens (tertiary/aromatic N) is 2. The standard InChI is InChI=1S/C17H19N3O/c1-13-5-4-6-14(9-13)16(21)11-18-10-15-12-20-8-3-2-7-17(20)19-15/h2-9,12,16,18,21H,10-11H2,1H3. The SMILES string of the molecule is Cc1cccc(C(O)CNCc2cn3ccccc3n2)c1. The first kappa shape index (κ1) is 13.8. The molecule has 0 amide bonds. The van der Waals surface area contributed by atoms with Crippen LogP contribution in [-0.4, -0.2) is 21.0 Å². The second kappa shape index (κ2) is 6.08. The van der Waals surface area contributed by atoms with Gasteiger partial charge in [-0.2, -0.15) is 0 Å². The Bertz CT molecular complexity index is 702. The van der Waals surface area contributed by atoms with E-state index >= 15 is 0 Å². The molecule has 0 aliphatic heterocycles. The summed E-state index contributed by atoms with van der Waals surface area (Å²) in [5.74, 6) is 0. The molecule has 0 radical (unpaired) electrons. The van der Waals surface area contributed by atoms with Crippen LogP contribution in [0.1, 0.15) is 22.9 Å². The second-order valence-electron chi connectivity index (χ2n) is 5.26. The van der Waals surface area contributed by atoms with Crippen LogP contribution in [0.2, 0.25) is 0 Å². The molecule has 3 aromatic rings. The Labute approximate surface area is 124 Å². The molecule has 1 aromatic carbocycles. The zero-order valence-corrected chi connectivity index (χ0v) is 12.0. The number of aromatic nitrogens is 2. The van der Waals surface area contributed by atoms with Gasteiger partial charge in [-0.15, -0.1) is 0 Å². The van der Waals surface area contributed by atoms with Crippen LogP contribution in [0.15, 0.2) is 54.9 Å². The van der Waals surface area contributed by atoms with Crippen LogP contribution in [0.25, 0.3) is 5.65 Å². The lowest BCUT2D eigenvalue weighted by Crippen LogP contribution is -2.21. The van der Waals surface area contributed by atoms with Gasteiger partial charge in [-0.05, 0) is 24.6 Å². The Morgan fingerprint density at radius 1 is 1.24 bits per heavy atom. The van der Waals surface area contributed by atoms with E-state index in [0.29, 0.717) is 13.1 Å². The van der Waals surface area contributed by atoms with E-state index < -0.39 is 6.10 Å². The first-order chi connectivity index (χ1) is 10.2. The molecule has 4 heteroatoms. The van der Waals surface area contributed by atoms with Crippen LogP contribution in [0.3, 0.4) is 0 Å².